The Balaban J connectivity index is 2.49. The second kappa shape index (κ2) is 6.76. The minimum Gasteiger partial charge on any atom is -0.306 e. The Hall–Kier alpha value is -1.81. The molecule has 1 N–H and O–H groups in total. The standard InChI is InChI=1S/C17H18F3N/c1-3-9-21-17(12-8-7-11(2)10-15(12)19)13-5-4-6-14(18)16(13)20/h4-8,10,17,21H,3,9H2,1-2H3. The van der Waals surface area contributed by atoms with Crippen molar-refractivity contribution in [1.82, 2.24) is 5.32 Å². The average Bonchev–Trinajstić information content (AvgIpc) is 2.45. The molecule has 0 aliphatic rings. The van der Waals surface area contributed by atoms with E-state index in [0.29, 0.717) is 12.1 Å². The molecule has 0 amide bonds. The van der Waals surface area contributed by atoms with Crippen molar-refractivity contribution in [3.05, 3.63) is 70.5 Å². The monoisotopic (exact) mass is 293 g/mol. The first-order valence-corrected chi connectivity index (χ1v) is 6.98. The molecule has 2 aromatic rings. The fourth-order valence-corrected chi connectivity index (χ4v) is 2.29. The minimum absolute atomic E-state index is 0.117. The maximum atomic E-state index is 14.2. The molecule has 2 rings (SSSR count). The van der Waals surface area contributed by atoms with Gasteiger partial charge in [0.2, 0.25) is 0 Å². The van der Waals surface area contributed by atoms with E-state index in [-0.39, 0.29) is 5.56 Å². The summed E-state index contributed by atoms with van der Waals surface area (Å²) in [7, 11) is 0. The Morgan fingerprint density at radius 1 is 1.00 bits per heavy atom. The normalized spacial score (nSPS) is 12.4. The third-order valence-electron chi connectivity index (χ3n) is 3.36. The Bertz CT molecular complexity index is 625. The molecule has 0 aromatic heterocycles. The molecular weight excluding hydrogens is 275 g/mol. The van der Waals surface area contributed by atoms with E-state index in [4.69, 9.17) is 0 Å². The zero-order valence-corrected chi connectivity index (χ0v) is 12.1. The van der Waals surface area contributed by atoms with Crippen molar-refractivity contribution in [3.8, 4) is 0 Å². The van der Waals surface area contributed by atoms with E-state index in [1.807, 2.05) is 6.92 Å². The highest BCUT2D eigenvalue weighted by molar-refractivity contribution is 5.35. The fourth-order valence-electron chi connectivity index (χ4n) is 2.29. The van der Waals surface area contributed by atoms with E-state index in [0.717, 1.165) is 18.1 Å². The van der Waals surface area contributed by atoms with Gasteiger partial charge in [0.15, 0.2) is 11.6 Å². The molecule has 0 spiro atoms. The largest absolute Gasteiger partial charge is 0.306 e. The summed E-state index contributed by atoms with van der Waals surface area (Å²) in [4.78, 5) is 0. The summed E-state index contributed by atoms with van der Waals surface area (Å²) < 4.78 is 41.7. The van der Waals surface area contributed by atoms with Crippen molar-refractivity contribution in [2.75, 3.05) is 6.54 Å². The Kier molecular flexibility index (Phi) is 5.02. The highest BCUT2D eigenvalue weighted by Gasteiger charge is 2.22. The van der Waals surface area contributed by atoms with Gasteiger partial charge in [0.25, 0.3) is 0 Å². The van der Waals surface area contributed by atoms with Gasteiger partial charge in [-0.3, -0.25) is 0 Å². The predicted molar refractivity (Wildman–Crippen MR) is 77.6 cm³/mol. The molecule has 0 fully saturated rings. The highest BCUT2D eigenvalue weighted by Crippen LogP contribution is 2.28. The number of hydrogen-bond acceptors (Lipinski definition) is 1. The summed E-state index contributed by atoms with van der Waals surface area (Å²) in [6.07, 6.45) is 0.806. The van der Waals surface area contributed by atoms with E-state index in [2.05, 4.69) is 5.32 Å². The van der Waals surface area contributed by atoms with Gasteiger partial charge in [0, 0.05) is 11.1 Å². The molecule has 0 saturated carbocycles. The molecule has 0 saturated heterocycles. The first-order valence-electron chi connectivity index (χ1n) is 6.98. The Morgan fingerprint density at radius 2 is 1.76 bits per heavy atom. The number of benzene rings is 2. The number of rotatable bonds is 5. The van der Waals surface area contributed by atoms with Crippen molar-refractivity contribution in [2.45, 2.75) is 26.3 Å². The van der Waals surface area contributed by atoms with Crippen molar-refractivity contribution in [1.29, 1.82) is 0 Å². The van der Waals surface area contributed by atoms with Crippen LogP contribution in [-0.4, -0.2) is 6.54 Å². The van der Waals surface area contributed by atoms with E-state index in [9.17, 15) is 13.2 Å². The van der Waals surface area contributed by atoms with Gasteiger partial charge in [-0.15, -0.1) is 0 Å². The predicted octanol–water partition coefficient (Wildman–Crippen LogP) is 4.50. The molecule has 1 unspecified atom stereocenters. The zero-order chi connectivity index (χ0) is 15.4. The first-order chi connectivity index (χ1) is 10.0. The van der Waals surface area contributed by atoms with Gasteiger partial charge in [-0.1, -0.05) is 31.2 Å². The maximum Gasteiger partial charge on any atom is 0.163 e. The van der Waals surface area contributed by atoms with Crippen LogP contribution >= 0.6 is 0 Å². The Labute approximate surface area is 122 Å². The van der Waals surface area contributed by atoms with E-state index in [1.165, 1.54) is 18.2 Å². The number of nitrogens with one attached hydrogen (secondary N) is 1. The molecular formula is C17H18F3N. The average molecular weight is 293 g/mol. The lowest BCUT2D eigenvalue weighted by molar-refractivity contribution is 0.474. The third kappa shape index (κ3) is 3.45. The van der Waals surface area contributed by atoms with Crippen molar-refractivity contribution < 1.29 is 13.2 Å². The van der Waals surface area contributed by atoms with Crippen LogP contribution in [0.25, 0.3) is 0 Å². The molecule has 1 atom stereocenters. The number of hydrogen-bond donors (Lipinski definition) is 1. The van der Waals surface area contributed by atoms with E-state index in [1.54, 1.807) is 19.1 Å². The summed E-state index contributed by atoms with van der Waals surface area (Å²) >= 11 is 0. The minimum atomic E-state index is -0.939. The van der Waals surface area contributed by atoms with Gasteiger partial charge in [-0.05, 0) is 37.6 Å². The van der Waals surface area contributed by atoms with Crippen LogP contribution in [0.15, 0.2) is 36.4 Å². The summed E-state index contributed by atoms with van der Waals surface area (Å²) in [5.74, 6) is -2.29. The smallest absolute Gasteiger partial charge is 0.163 e. The molecule has 0 aliphatic carbocycles. The summed E-state index contributed by atoms with van der Waals surface area (Å²) in [6, 6.07) is 8.03. The number of aryl methyl sites for hydroxylation is 1. The summed E-state index contributed by atoms with van der Waals surface area (Å²) in [5.41, 5.74) is 1.22. The van der Waals surface area contributed by atoms with Gasteiger partial charge < -0.3 is 5.32 Å². The zero-order valence-electron chi connectivity index (χ0n) is 12.1. The highest BCUT2D eigenvalue weighted by atomic mass is 19.2. The molecule has 0 heterocycles. The van der Waals surface area contributed by atoms with Gasteiger partial charge in [-0.2, -0.15) is 0 Å². The molecule has 112 valence electrons. The summed E-state index contributed by atoms with van der Waals surface area (Å²) in [6.45, 7) is 4.32. The lowest BCUT2D eigenvalue weighted by Gasteiger charge is -2.21. The van der Waals surface area contributed by atoms with Gasteiger partial charge in [-0.25, -0.2) is 13.2 Å². The second-order valence-corrected chi connectivity index (χ2v) is 5.06. The van der Waals surface area contributed by atoms with E-state index >= 15 is 0 Å². The lowest BCUT2D eigenvalue weighted by Crippen LogP contribution is -2.25. The van der Waals surface area contributed by atoms with Crippen LogP contribution in [0, 0.1) is 24.4 Å². The molecule has 21 heavy (non-hydrogen) atoms. The van der Waals surface area contributed by atoms with Gasteiger partial charge in [0.1, 0.15) is 5.82 Å². The van der Waals surface area contributed by atoms with E-state index < -0.39 is 23.5 Å². The lowest BCUT2D eigenvalue weighted by atomic mass is 9.96. The van der Waals surface area contributed by atoms with Crippen molar-refractivity contribution in [3.63, 3.8) is 0 Å². The van der Waals surface area contributed by atoms with Crippen LogP contribution < -0.4 is 5.32 Å². The topological polar surface area (TPSA) is 12.0 Å². The van der Waals surface area contributed by atoms with Crippen molar-refractivity contribution in [2.24, 2.45) is 0 Å². The SMILES string of the molecule is CCCNC(c1ccc(C)cc1F)c1cccc(F)c1F. The summed E-state index contributed by atoms with van der Waals surface area (Å²) in [5, 5.41) is 3.08. The quantitative estimate of drug-likeness (QED) is 0.855. The molecule has 0 aliphatic heterocycles. The van der Waals surface area contributed by atoms with Crippen LogP contribution in [0.2, 0.25) is 0 Å². The first kappa shape index (κ1) is 15.6. The fraction of sp³-hybridized carbons (Fsp3) is 0.294. The Morgan fingerprint density at radius 3 is 2.43 bits per heavy atom. The molecule has 0 bridgehead atoms. The van der Waals surface area contributed by atoms with Crippen LogP contribution in [0.4, 0.5) is 13.2 Å². The molecule has 4 heteroatoms. The maximum absolute atomic E-state index is 14.2. The van der Waals surface area contributed by atoms with Crippen LogP contribution in [0.5, 0.6) is 0 Å². The van der Waals surface area contributed by atoms with Gasteiger partial charge >= 0.3 is 0 Å². The molecule has 2 aromatic carbocycles. The third-order valence-corrected chi connectivity index (χ3v) is 3.36. The van der Waals surface area contributed by atoms with Gasteiger partial charge in [0.05, 0.1) is 6.04 Å². The van der Waals surface area contributed by atoms with Crippen LogP contribution in [0.3, 0.4) is 0 Å². The van der Waals surface area contributed by atoms with Crippen LogP contribution in [-0.2, 0) is 0 Å². The molecule has 0 radical (unpaired) electrons. The number of halogens is 3. The van der Waals surface area contributed by atoms with Crippen LogP contribution in [0.1, 0.15) is 36.1 Å². The molecule has 1 nitrogen and oxygen atoms in total. The van der Waals surface area contributed by atoms with Crippen molar-refractivity contribution >= 4 is 0 Å². The second-order valence-electron chi connectivity index (χ2n) is 5.06.